The molecule has 0 unspecified atom stereocenters. The summed E-state index contributed by atoms with van der Waals surface area (Å²) >= 11 is 0. The van der Waals surface area contributed by atoms with Crippen LogP contribution in [0.3, 0.4) is 0 Å². The van der Waals surface area contributed by atoms with Crippen LogP contribution >= 0.6 is 0 Å². The third-order valence-corrected chi connectivity index (χ3v) is 3.91. The van der Waals surface area contributed by atoms with Gasteiger partial charge in [-0.2, -0.15) is 0 Å². The summed E-state index contributed by atoms with van der Waals surface area (Å²) in [5, 5.41) is 3.04. The summed E-state index contributed by atoms with van der Waals surface area (Å²) in [6, 6.07) is 0.260. The number of morpholine rings is 1. The van der Waals surface area contributed by atoms with Crippen molar-refractivity contribution in [3.63, 3.8) is 0 Å². The Labute approximate surface area is 132 Å². The van der Waals surface area contributed by atoms with E-state index in [0.717, 1.165) is 32.4 Å². The molecule has 2 amide bonds. The van der Waals surface area contributed by atoms with Gasteiger partial charge >= 0.3 is 6.03 Å². The molecule has 124 valence electrons. The Bertz CT molecular complexity index is 433. The first kappa shape index (κ1) is 16.8. The van der Waals surface area contributed by atoms with Gasteiger partial charge in [0.2, 0.25) is 0 Å². The van der Waals surface area contributed by atoms with Crippen LogP contribution in [0.4, 0.5) is 4.79 Å². The number of amides is 2. The minimum atomic E-state index is 0.0524. The van der Waals surface area contributed by atoms with Crippen molar-refractivity contribution in [2.75, 3.05) is 26.3 Å². The van der Waals surface area contributed by atoms with Crippen LogP contribution in [-0.4, -0.2) is 52.8 Å². The van der Waals surface area contributed by atoms with E-state index in [-0.39, 0.29) is 12.1 Å². The van der Waals surface area contributed by atoms with Gasteiger partial charge < -0.3 is 19.5 Å². The van der Waals surface area contributed by atoms with E-state index in [1.807, 2.05) is 17.4 Å². The number of aromatic nitrogens is 2. The summed E-state index contributed by atoms with van der Waals surface area (Å²) in [7, 11) is 0. The predicted octanol–water partition coefficient (Wildman–Crippen LogP) is 2.12. The molecule has 2 rings (SSSR count). The van der Waals surface area contributed by atoms with Gasteiger partial charge in [0.25, 0.3) is 0 Å². The first-order valence-electron chi connectivity index (χ1n) is 8.24. The number of carbonyl (C=O) groups is 1. The molecule has 0 aromatic carbocycles. The summed E-state index contributed by atoms with van der Waals surface area (Å²) in [6.07, 6.45) is 8.58. The molecule has 0 saturated carbocycles. The van der Waals surface area contributed by atoms with E-state index in [1.165, 1.54) is 0 Å². The molecule has 1 saturated heterocycles. The number of unbranched alkanes of at least 4 members (excludes halogenated alkanes) is 1. The molecule has 6 nitrogen and oxygen atoms in total. The number of aryl methyl sites for hydroxylation is 1. The van der Waals surface area contributed by atoms with Crippen molar-refractivity contribution in [1.29, 1.82) is 0 Å². The lowest BCUT2D eigenvalue weighted by Crippen LogP contribution is -2.53. The van der Waals surface area contributed by atoms with Crippen LogP contribution in [0.15, 0.2) is 18.7 Å². The monoisotopic (exact) mass is 308 g/mol. The molecule has 0 aliphatic carbocycles. The predicted molar refractivity (Wildman–Crippen MR) is 85.6 cm³/mol. The Balaban J connectivity index is 1.66. The number of hydrogen-bond acceptors (Lipinski definition) is 3. The van der Waals surface area contributed by atoms with Crippen molar-refractivity contribution < 1.29 is 9.53 Å². The van der Waals surface area contributed by atoms with Crippen molar-refractivity contribution in [1.82, 2.24) is 19.8 Å². The minimum absolute atomic E-state index is 0.0524. The molecule has 22 heavy (non-hydrogen) atoms. The summed E-state index contributed by atoms with van der Waals surface area (Å²) in [5.74, 6) is 0.567. The number of hydrogen-bond donors (Lipinski definition) is 1. The second-order valence-electron chi connectivity index (χ2n) is 6.29. The maximum Gasteiger partial charge on any atom is 0.317 e. The van der Waals surface area contributed by atoms with E-state index in [0.29, 0.717) is 25.7 Å². The van der Waals surface area contributed by atoms with Gasteiger partial charge in [0.15, 0.2) is 0 Å². The molecule has 1 fully saturated rings. The van der Waals surface area contributed by atoms with Crippen molar-refractivity contribution in [2.24, 2.45) is 5.92 Å². The molecule has 1 aromatic heterocycles. The molecule has 1 aliphatic rings. The first-order chi connectivity index (χ1) is 10.7. The number of nitrogens with zero attached hydrogens (tertiary/aromatic N) is 3. The van der Waals surface area contributed by atoms with E-state index in [4.69, 9.17) is 4.74 Å². The summed E-state index contributed by atoms with van der Waals surface area (Å²) < 4.78 is 7.58. The fourth-order valence-corrected chi connectivity index (χ4v) is 2.80. The van der Waals surface area contributed by atoms with Gasteiger partial charge in [-0.3, -0.25) is 0 Å². The van der Waals surface area contributed by atoms with Crippen LogP contribution in [0.1, 0.15) is 33.1 Å². The maximum atomic E-state index is 12.3. The Morgan fingerprint density at radius 1 is 1.45 bits per heavy atom. The minimum Gasteiger partial charge on any atom is -0.377 e. The van der Waals surface area contributed by atoms with Crippen molar-refractivity contribution in [2.45, 2.75) is 45.7 Å². The quantitative estimate of drug-likeness (QED) is 0.785. The van der Waals surface area contributed by atoms with E-state index >= 15 is 0 Å². The smallest absolute Gasteiger partial charge is 0.317 e. The molecular formula is C16H28N4O2. The van der Waals surface area contributed by atoms with Gasteiger partial charge in [-0.25, -0.2) is 9.78 Å². The number of nitrogens with one attached hydrogen (secondary N) is 1. The third kappa shape index (κ3) is 5.33. The average Bonchev–Trinajstić information content (AvgIpc) is 3.00. The molecule has 1 N–H and O–H groups in total. The van der Waals surface area contributed by atoms with E-state index in [2.05, 4.69) is 28.7 Å². The standard InChI is InChI=1S/C16H28N4O2/c1-14(2)11-15-12-22-10-9-20(15)16(21)18-5-3-4-7-19-8-6-17-13-19/h6,8,13-15H,3-5,7,9-12H2,1-2H3,(H,18,21)/t15-/m1/s1. The number of carbonyl (C=O) groups excluding carboxylic acids is 1. The number of imidazole rings is 1. The highest BCUT2D eigenvalue weighted by molar-refractivity contribution is 5.74. The van der Waals surface area contributed by atoms with Crippen LogP contribution < -0.4 is 5.32 Å². The zero-order valence-corrected chi connectivity index (χ0v) is 13.7. The Hall–Kier alpha value is -1.56. The van der Waals surface area contributed by atoms with Gasteiger partial charge in [0.05, 0.1) is 25.6 Å². The fourth-order valence-electron chi connectivity index (χ4n) is 2.80. The molecule has 2 heterocycles. The molecule has 1 aromatic rings. The number of ether oxygens (including phenoxy) is 1. The van der Waals surface area contributed by atoms with Gasteiger partial charge in [-0.1, -0.05) is 13.8 Å². The third-order valence-electron chi connectivity index (χ3n) is 3.91. The molecule has 1 aliphatic heterocycles. The number of rotatable bonds is 7. The zero-order chi connectivity index (χ0) is 15.8. The van der Waals surface area contributed by atoms with Crippen LogP contribution in [0, 0.1) is 5.92 Å². The molecule has 1 atom stereocenters. The van der Waals surface area contributed by atoms with Gasteiger partial charge in [-0.05, 0) is 25.2 Å². The van der Waals surface area contributed by atoms with Crippen molar-refractivity contribution in [3.8, 4) is 0 Å². The molecule has 0 bridgehead atoms. The molecular weight excluding hydrogens is 280 g/mol. The van der Waals surface area contributed by atoms with Gasteiger partial charge in [-0.15, -0.1) is 0 Å². The summed E-state index contributed by atoms with van der Waals surface area (Å²) in [5.41, 5.74) is 0. The second-order valence-corrected chi connectivity index (χ2v) is 6.29. The van der Waals surface area contributed by atoms with Crippen LogP contribution in [-0.2, 0) is 11.3 Å². The van der Waals surface area contributed by atoms with Gasteiger partial charge in [0.1, 0.15) is 0 Å². The zero-order valence-electron chi connectivity index (χ0n) is 13.7. The molecule has 0 radical (unpaired) electrons. The van der Waals surface area contributed by atoms with E-state index < -0.39 is 0 Å². The maximum absolute atomic E-state index is 12.3. The topological polar surface area (TPSA) is 59.4 Å². The highest BCUT2D eigenvalue weighted by Gasteiger charge is 2.27. The largest absolute Gasteiger partial charge is 0.377 e. The lowest BCUT2D eigenvalue weighted by Gasteiger charge is -2.36. The SMILES string of the molecule is CC(C)C[C@@H]1COCCN1C(=O)NCCCCn1ccnc1. The molecule has 0 spiro atoms. The fraction of sp³-hybridized carbons (Fsp3) is 0.750. The van der Waals surface area contributed by atoms with E-state index in [9.17, 15) is 4.79 Å². The average molecular weight is 308 g/mol. The Morgan fingerprint density at radius 3 is 3.05 bits per heavy atom. The van der Waals surface area contributed by atoms with Crippen LogP contribution in [0.5, 0.6) is 0 Å². The Kier molecular flexibility index (Phi) is 6.71. The summed E-state index contributed by atoms with van der Waals surface area (Å²) in [4.78, 5) is 18.3. The highest BCUT2D eigenvalue weighted by atomic mass is 16.5. The lowest BCUT2D eigenvalue weighted by atomic mass is 10.0. The van der Waals surface area contributed by atoms with Crippen LogP contribution in [0.25, 0.3) is 0 Å². The van der Waals surface area contributed by atoms with Crippen molar-refractivity contribution >= 4 is 6.03 Å². The molecule has 6 heteroatoms. The van der Waals surface area contributed by atoms with Crippen molar-refractivity contribution in [3.05, 3.63) is 18.7 Å². The Morgan fingerprint density at radius 2 is 2.32 bits per heavy atom. The normalized spacial score (nSPS) is 18.7. The second kappa shape index (κ2) is 8.78. The van der Waals surface area contributed by atoms with Gasteiger partial charge in [0, 0.05) is 32.0 Å². The number of urea groups is 1. The van der Waals surface area contributed by atoms with Crippen LogP contribution in [0.2, 0.25) is 0 Å². The highest BCUT2D eigenvalue weighted by Crippen LogP contribution is 2.15. The summed E-state index contributed by atoms with van der Waals surface area (Å²) in [6.45, 7) is 8.03. The lowest BCUT2D eigenvalue weighted by molar-refractivity contribution is 0.00560. The first-order valence-corrected chi connectivity index (χ1v) is 8.24. The van der Waals surface area contributed by atoms with E-state index in [1.54, 1.807) is 6.20 Å².